The molecule has 0 unspecified atom stereocenters. The van der Waals surface area contributed by atoms with Gasteiger partial charge < -0.3 is 0 Å². The molecule has 1 heterocycles. The highest BCUT2D eigenvalue weighted by Gasteiger charge is 2.42. The molecule has 0 aliphatic heterocycles. The van der Waals surface area contributed by atoms with Crippen LogP contribution in [0.15, 0.2) is 4.90 Å². The molecule has 9 heteroatoms. The van der Waals surface area contributed by atoms with E-state index in [0.29, 0.717) is 0 Å². The van der Waals surface area contributed by atoms with Crippen molar-refractivity contribution in [1.82, 2.24) is 9.78 Å². The molecule has 0 spiro atoms. The van der Waals surface area contributed by atoms with Gasteiger partial charge in [-0.05, 0) is 20.8 Å². The molecule has 0 aliphatic carbocycles. The van der Waals surface area contributed by atoms with Crippen LogP contribution >= 0.6 is 0 Å². The molecular weight excluding hydrogens is 259 g/mol. The monoisotopic (exact) mass is 271 g/mol. The van der Waals surface area contributed by atoms with Crippen LogP contribution in [0.1, 0.15) is 31.3 Å². The Bertz CT molecular complexity index is 531. The number of hydrogen-bond acceptors (Lipinski definition) is 3. The van der Waals surface area contributed by atoms with Crippen LogP contribution in [0.25, 0.3) is 0 Å². The van der Waals surface area contributed by atoms with Gasteiger partial charge in [0.15, 0.2) is 5.69 Å². The van der Waals surface area contributed by atoms with Crippen molar-refractivity contribution in [3.8, 4) is 0 Å². The standard InChI is InChI=1S/C8H12F3N3O2S/c1-4(2)14-5(3)6(17(12,15)16)7(13-14)8(9,10)11/h4H,1-3H3,(H2,12,15,16). The summed E-state index contributed by atoms with van der Waals surface area (Å²) in [4.78, 5) is -0.960. The second kappa shape index (κ2) is 3.98. The highest BCUT2D eigenvalue weighted by Crippen LogP contribution is 2.35. The Morgan fingerprint density at radius 3 is 2.06 bits per heavy atom. The highest BCUT2D eigenvalue weighted by atomic mass is 32.2. The van der Waals surface area contributed by atoms with Crippen LogP contribution in [-0.4, -0.2) is 18.2 Å². The van der Waals surface area contributed by atoms with Crippen molar-refractivity contribution < 1.29 is 21.6 Å². The summed E-state index contributed by atoms with van der Waals surface area (Å²) in [5.74, 6) is 0. The minimum atomic E-state index is -4.85. The zero-order valence-electron chi connectivity index (χ0n) is 9.41. The number of halogens is 3. The van der Waals surface area contributed by atoms with E-state index in [0.717, 1.165) is 4.68 Å². The van der Waals surface area contributed by atoms with E-state index in [1.54, 1.807) is 13.8 Å². The molecule has 5 nitrogen and oxygen atoms in total. The van der Waals surface area contributed by atoms with Crippen molar-refractivity contribution in [2.24, 2.45) is 5.14 Å². The predicted octanol–water partition coefficient (Wildman–Crippen LogP) is 1.44. The normalized spacial score (nSPS) is 13.4. The smallest absolute Gasteiger partial charge is 0.265 e. The Balaban J connectivity index is 3.67. The van der Waals surface area contributed by atoms with E-state index in [9.17, 15) is 21.6 Å². The molecule has 17 heavy (non-hydrogen) atoms. The first-order valence-electron chi connectivity index (χ1n) is 4.65. The van der Waals surface area contributed by atoms with Gasteiger partial charge in [0.25, 0.3) is 0 Å². The molecule has 0 radical (unpaired) electrons. The zero-order chi connectivity index (χ0) is 13.6. The van der Waals surface area contributed by atoms with Crippen LogP contribution in [0.3, 0.4) is 0 Å². The molecule has 0 fully saturated rings. The van der Waals surface area contributed by atoms with Gasteiger partial charge in [-0.1, -0.05) is 0 Å². The number of nitrogens with zero attached hydrogens (tertiary/aromatic N) is 2. The summed E-state index contributed by atoms with van der Waals surface area (Å²) in [5.41, 5.74) is -1.58. The minimum Gasteiger partial charge on any atom is -0.265 e. The van der Waals surface area contributed by atoms with E-state index in [1.165, 1.54) is 6.92 Å². The number of hydrogen-bond donors (Lipinski definition) is 1. The van der Waals surface area contributed by atoms with Gasteiger partial charge in [0.1, 0.15) is 4.90 Å². The topological polar surface area (TPSA) is 78.0 Å². The van der Waals surface area contributed by atoms with Crippen LogP contribution in [0.4, 0.5) is 13.2 Å². The fourth-order valence-corrected chi connectivity index (χ4v) is 2.46. The predicted molar refractivity (Wildman–Crippen MR) is 53.7 cm³/mol. The average Bonchev–Trinajstić information content (AvgIpc) is 2.40. The van der Waals surface area contributed by atoms with Crippen molar-refractivity contribution in [1.29, 1.82) is 0 Å². The lowest BCUT2D eigenvalue weighted by Gasteiger charge is -2.07. The molecule has 1 aromatic heterocycles. The third kappa shape index (κ3) is 2.60. The molecule has 1 rings (SSSR count). The molecule has 0 saturated carbocycles. The van der Waals surface area contributed by atoms with Crippen LogP contribution in [0, 0.1) is 6.92 Å². The summed E-state index contributed by atoms with van der Waals surface area (Å²) in [6, 6.07) is -0.397. The van der Waals surface area contributed by atoms with Gasteiger partial charge in [0, 0.05) is 6.04 Å². The quantitative estimate of drug-likeness (QED) is 0.884. The second-order valence-electron chi connectivity index (χ2n) is 3.84. The Morgan fingerprint density at radius 1 is 1.35 bits per heavy atom. The molecule has 1 aromatic rings. The molecular formula is C8H12F3N3O2S. The van der Waals surface area contributed by atoms with Crippen LogP contribution in [0.2, 0.25) is 0 Å². The van der Waals surface area contributed by atoms with Gasteiger partial charge >= 0.3 is 6.18 Å². The molecule has 0 bridgehead atoms. The third-order valence-corrected chi connectivity index (χ3v) is 3.20. The number of sulfonamides is 1. The number of aromatic nitrogens is 2. The lowest BCUT2D eigenvalue weighted by atomic mass is 10.3. The summed E-state index contributed by atoms with van der Waals surface area (Å²) in [6.45, 7) is 4.42. The maximum atomic E-state index is 12.6. The summed E-state index contributed by atoms with van der Waals surface area (Å²) in [5, 5.41) is 8.07. The second-order valence-corrected chi connectivity index (χ2v) is 5.34. The van der Waals surface area contributed by atoms with E-state index in [1.807, 2.05) is 0 Å². The maximum Gasteiger partial charge on any atom is 0.436 e. The maximum absolute atomic E-state index is 12.6. The summed E-state index contributed by atoms with van der Waals surface area (Å²) < 4.78 is 61.3. The minimum absolute atomic E-state index is 0.116. The Labute approximate surface area is 96.5 Å². The number of primary sulfonamides is 1. The van der Waals surface area contributed by atoms with E-state index in [2.05, 4.69) is 5.10 Å². The van der Waals surface area contributed by atoms with E-state index in [4.69, 9.17) is 5.14 Å². The van der Waals surface area contributed by atoms with Gasteiger partial charge in [-0.3, -0.25) is 4.68 Å². The summed E-state index contributed by atoms with van der Waals surface area (Å²) in [7, 11) is -4.46. The first-order chi connectivity index (χ1) is 7.46. The number of rotatable bonds is 2. The number of nitrogens with two attached hydrogens (primary N) is 1. The third-order valence-electron chi connectivity index (χ3n) is 2.14. The fraction of sp³-hybridized carbons (Fsp3) is 0.625. The Kier molecular flexibility index (Phi) is 3.27. The number of alkyl halides is 3. The highest BCUT2D eigenvalue weighted by molar-refractivity contribution is 7.89. The first-order valence-corrected chi connectivity index (χ1v) is 6.20. The van der Waals surface area contributed by atoms with Gasteiger partial charge in [0.05, 0.1) is 5.69 Å². The molecule has 98 valence electrons. The molecule has 0 atom stereocenters. The first kappa shape index (κ1) is 14.0. The van der Waals surface area contributed by atoms with E-state index >= 15 is 0 Å². The fourth-order valence-electron chi connectivity index (χ4n) is 1.53. The van der Waals surface area contributed by atoms with Gasteiger partial charge in [-0.15, -0.1) is 0 Å². The van der Waals surface area contributed by atoms with Crippen molar-refractivity contribution in [3.05, 3.63) is 11.4 Å². The Hall–Kier alpha value is -1.09. The SMILES string of the molecule is Cc1c(S(N)(=O)=O)c(C(F)(F)F)nn1C(C)C. The van der Waals surface area contributed by atoms with E-state index < -0.39 is 32.8 Å². The molecule has 2 N–H and O–H groups in total. The van der Waals surface area contributed by atoms with Gasteiger partial charge in [-0.25, -0.2) is 13.6 Å². The molecule has 0 aliphatic rings. The zero-order valence-corrected chi connectivity index (χ0v) is 10.2. The Morgan fingerprint density at radius 2 is 1.82 bits per heavy atom. The van der Waals surface area contributed by atoms with Gasteiger partial charge in [0.2, 0.25) is 10.0 Å². The lowest BCUT2D eigenvalue weighted by molar-refractivity contribution is -0.143. The van der Waals surface area contributed by atoms with E-state index in [-0.39, 0.29) is 5.69 Å². The molecule has 0 saturated heterocycles. The van der Waals surface area contributed by atoms with Gasteiger partial charge in [-0.2, -0.15) is 18.3 Å². The van der Waals surface area contributed by atoms with Crippen LogP contribution < -0.4 is 5.14 Å². The lowest BCUT2D eigenvalue weighted by Crippen LogP contribution is -2.18. The average molecular weight is 271 g/mol. The molecule has 0 aromatic carbocycles. The van der Waals surface area contributed by atoms with Crippen molar-refractivity contribution >= 4 is 10.0 Å². The summed E-state index contributed by atoms with van der Waals surface area (Å²) in [6.07, 6.45) is -4.85. The van der Waals surface area contributed by atoms with Crippen molar-refractivity contribution in [3.63, 3.8) is 0 Å². The van der Waals surface area contributed by atoms with Crippen LogP contribution in [0.5, 0.6) is 0 Å². The summed E-state index contributed by atoms with van der Waals surface area (Å²) >= 11 is 0. The largest absolute Gasteiger partial charge is 0.436 e. The van der Waals surface area contributed by atoms with Crippen LogP contribution in [-0.2, 0) is 16.2 Å². The van der Waals surface area contributed by atoms with Crippen molar-refractivity contribution in [2.45, 2.75) is 37.9 Å². The van der Waals surface area contributed by atoms with Crippen molar-refractivity contribution in [2.75, 3.05) is 0 Å². The molecule has 0 amide bonds.